The van der Waals surface area contributed by atoms with Gasteiger partial charge in [0.2, 0.25) is 23.6 Å². The van der Waals surface area contributed by atoms with Crippen molar-refractivity contribution < 1.29 is 28.7 Å². The van der Waals surface area contributed by atoms with Crippen LogP contribution in [-0.4, -0.2) is 90.5 Å². The van der Waals surface area contributed by atoms with Gasteiger partial charge in [-0.15, -0.1) is 0 Å². The topological polar surface area (TPSA) is 125 Å². The van der Waals surface area contributed by atoms with Crippen molar-refractivity contribution in [2.45, 2.75) is 43.6 Å². The summed E-state index contributed by atoms with van der Waals surface area (Å²) in [5.41, 5.74) is 1.06. The molecule has 1 aromatic rings. The zero-order valence-electron chi connectivity index (χ0n) is 19.8. The number of carbonyl (C=O) groups is 5. The Hall–Kier alpha value is -2.60. The molecule has 4 amide bonds. The number of benzene rings is 1. The summed E-state index contributed by atoms with van der Waals surface area (Å²) in [6, 6.07) is 2.54. The molecule has 2 aliphatic heterocycles. The van der Waals surface area contributed by atoms with Crippen LogP contribution in [0.1, 0.15) is 35.7 Å². The molecule has 3 rings (SSSR count). The number of cyclic esters (lactones) is 1. The van der Waals surface area contributed by atoms with Crippen molar-refractivity contribution in [3.63, 3.8) is 0 Å². The van der Waals surface area contributed by atoms with Crippen LogP contribution >= 0.6 is 27.7 Å². The molecule has 1 aromatic carbocycles. The van der Waals surface area contributed by atoms with Crippen LogP contribution in [0.3, 0.4) is 0 Å². The predicted octanol–water partition coefficient (Wildman–Crippen LogP) is 0.921. The normalized spacial score (nSPS) is 23.2. The van der Waals surface area contributed by atoms with E-state index < -0.39 is 42.5 Å². The van der Waals surface area contributed by atoms with Crippen molar-refractivity contribution in [2.24, 2.45) is 0 Å². The first-order valence-corrected chi connectivity index (χ1v) is 13.2. The largest absolute Gasteiger partial charge is 0.459 e. The van der Waals surface area contributed by atoms with Crippen LogP contribution in [0.2, 0.25) is 0 Å². The number of hydrogen-bond acceptors (Lipinski definition) is 7. The second-order valence-electron chi connectivity index (χ2n) is 8.61. The van der Waals surface area contributed by atoms with Crippen molar-refractivity contribution in [3.05, 3.63) is 33.8 Å². The van der Waals surface area contributed by atoms with E-state index in [0.29, 0.717) is 35.2 Å². The van der Waals surface area contributed by atoms with E-state index in [-0.39, 0.29) is 17.6 Å². The maximum atomic E-state index is 13.2. The zero-order chi connectivity index (χ0) is 25.7. The van der Waals surface area contributed by atoms with Gasteiger partial charge in [-0.25, -0.2) is 4.79 Å². The van der Waals surface area contributed by atoms with Crippen LogP contribution in [0.25, 0.3) is 0 Å². The molecule has 35 heavy (non-hydrogen) atoms. The Balaban J connectivity index is 1.88. The highest BCUT2D eigenvalue weighted by Crippen LogP contribution is 2.26. The minimum Gasteiger partial charge on any atom is -0.459 e. The van der Waals surface area contributed by atoms with Gasteiger partial charge in [0.25, 0.3) is 0 Å². The van der Waals surface area contributed by atoms with Crippen LogP contribution in [0.5, 0.6) is 0 Å². The number of rotatable bonds is 3. The fraction of sp³-hybridized carbons (Fsp3) is 0.522. The van der Waals surface area contributed by atoms with Gasteiger partial charge in [0.15, 0.2) is 0 Å². The van der Waals surface area contributed by atoms with Crippen LogP contribution in [-0.2, 0) is 29.7 Å². The van der Waals surface area contributed by atoms with Crippen molar-refractivity contribution in [3.8, 4) is 0 Å². The number of likely N-dealkylation sites (tertiary alicyclic amines) is 1. The number of fused-ring (bicyclic) bond motifs is 1. The first-order chi connectivity index (χ1) is 16.6. The fourth-order valence-corrected chi connectivity index (χ4v) is 5.67. The Bertz CT molecular complexity index is 1020. The van der Waals surface area contributed by atoms with Crippen molar-refractivity contribution in [2.75, 3.05) is 33.0 Å². The fourth-order valence-electron chi connectivity index (χ4n) is 4.06. The van der Waals surface area contributed by atoms with Gasteiger partial charge in [-0.3, -0.25) is 19.2 Å². The van der Waals surface area contributed by atoms with Gasteiger partial charge >= 0.3 is 5.97 Å². The second kappa shape index (κ2) is 11.9. The molecule has 190 valence electrons. The Morgan fingerprint density at radius 3 is 2.69 bits per heavy atom. The molecule has 12 heteroatoms. The minimum absolute atomic E-state index is 0.229. The molecule has 0 bridgehead atoms. The lowest BCUT2D eigenvalue weighted by Gasteiger charge is -2.28. The molecular weight excluding hydrogens is 540 g/mol. The predicted molar refractivity (Wildman–Crippen MR) is 134 cm³/mol. The molecule has 0 aromatic heterocycles. The maximum Gasteiger partial charge on any atom is 0.339 e. The monoisotopic (exact) mass is 568 g/mol. The van der Waals surface area contributed by atoms with Gasteiger partial charge < -0.3 is 25.2 Å². The van der Waals surface area contributed by atoms with Gasteiger partial charge in [0.05, 0.1) is 5.56 Å². The molecule has 10 nitrogen and oxygen atoms in total. The van der Waals surface area contributed by atoms with Gasteiger partial charge in [-0.05, 0) is 40.4 Å². The van der Waals surface area contributed by atoms with Gasteiger partial charge in [0, 0.05) is 43.5 Å². The molecule has 0 spiro atoms. The van der Waals surface area contributed by atoms with E-state index >= 15 is 0 Å². The molecule has 3 atom stereocenters. The molecule has 1 saturated heterocycles. The number of ether oxygens (including phenoxy) is 1. The third-order valence-corrected chi connectivity index (χ3v) is 7.62. The first-order valence-electron chi connectivity index (χ1n) is 11.2. The number of nitrogens with one attached hydrogen (secondary N) is 2. The highest BCUT2D eigenvalue weighted by atomic mass is 79.9. The van der Waals surface area contributed by atoms with Crippen LogP contribution < -0.4 is 10.6 Å². The number of likely N-dealkylation sites (N-methyl/N-ethyl adjacent to an activating group) is 1. The molecule has 0 unspecified atom stereocenters. The minimum atomic E-state index is -1.24. The summed E-state index contributed by atoms with van der Waals surface area (Å²) >= 11 is 4.79. The van der Waals surface area contributed by atoms with E-state index in [4.69, 9.17) is 4.74 Å². The second-order valence-corrected chi connectivity index (χ2v) is 10.5. The molecular formula is C23H29BrN4O6S. The summed E-state index contributed by atoms with van der Waals surface area (Å²) in [4.78, 5) is 66.6. The summed E-state index contributed by atoms with van der Waals surface area (Å²) in [7, 11) is 3.19. The smallest absolute Gasteiger partial charge is 0.339 e. The number of amides is 4. The summed E-state index contributed by atoms with van der Waals surface area (Å²) in [5, 5.41) is 5.33. The highest BCUT2D eigenvalue weighted by molar-refractivity contribution is 9.10. The lowest BCUT2D eigenvalue weighted by atomic mass is 10.1. The Kier molecular flexibility index (Phi) is 9.17. The van der Waals surface area contributed by atoms with E-state index in [9.17, 15) is 24.0 Å². The van der Waals surface area contributed by atoms with Crippen LogP contribution in [0.4, 0.5) is 0 Å². The molecule has 2 heterocycles. The molecule has 0 saturated carbocycles. The van der Waals surface area contributed by atoms with Crippen LogP contribution in [0.15, 0.2) is 22.7 Å². The molecule has 1 fully saturated rings. The Labute approximate surface area is 216 Å². The number of halogens is 1. The SMILES string of the molecule is CC(=O)N1CCC[C@H]1C(=O)N[C@@H]1COC(=O)c2c(Br)cccc2CSC[C@H](C(=O)N(C)C)NC1=O. The summed E-state index contributed by atoms with van der Waals surface area (Å²) < 4.78 is 6.00. The number of thioether (sulfide) groups is 1. The van der Waals surface area contributed by atoms with Gasteiger partial charge in [-0.1, -0.05) is 12.1 Å². The number of esters is 1. The van der Waals surface area contributed by atoms with Gasteiger partial charge in [0.1, 0.15) is 24.7 Å². The van der Waals surface area contributed by atoms with E-state index in [1.54, 1.807) is 32.3 Å². The molecule has 2 aliphatic rings. The van der Waals surface area contributed by atoms with E-state index in [1.807, 2.05) is 0 Å². The summed E-state index contributed by atoms with van der Waals surface area (Å²) in [6.45, 7) is 1.42. The zero-order valence-corrected chi connectivity index (χ0v) is 22.2. The maximum absolute atomic E-state index is 13.2. The quantitative estimate of drug-likeness (QED) is 0.519. The van der Waals surface area contributed by atoms with Crippen molar-refractivity contribution in [1.29, 1.82) is 0 Å². The average molecular weight is 569 g/mol. The molecule has 0 radical (unpaired) electrons. The lowest BCUT2D eigenvalue weighted by Crippen LogP contribution is -2.58. The number of nitrogens with zero attached hydrogens (tertiary/aromatic N) is 2. The molecule has 0 aliphatic carbocycles. The lowest BCUT2D eigenvalue weighted by molar-refractivity contribution is -0.139. The third-order valence-electron chi connectivity index (χ3n) is 5.88. The Morgan fingerprint density at radius 2 is 2.00 bits per heavy atom. The van der Waals surface area contributed by atoms with E-state index in [1.165, 1.54) is 28.5 Å². The van der Waals surface area contributed by atoms with Crippen LogP contribution in [0, 0.1) is 0 Å². The van der Waals surface area contributed by atoms with E-state index in [2.05, 4.69) is 26.6 Å². The molecule has 2 N–H and O–H groups in total. The standard InChI is InChI=1S/C23H29BrN4O6S/c1-13(29)28-9-5-8-18(28)21(31)25-16-10-34-23(33)19-14(6-4-7-15(19)24)11-35-12-17(26-20(16)30)22(32)27(2)3/h4,6-7,16-18H,5,8-12H2,1-3H3,(H,25,31)(H,26,30)/t16-,17-,18+/m1/s1. The van der Waals surface area contributed by atoms with Crippen molar-refractivity contribution in [1.82, 2.24) is 20.4 Å². The first kappa shape index (κ1) is 27.0. The number of hydrogen-bond donors (Lipinski definition) is 2. The Morgan fingerprint density at radius 1 is 1.26 bits per heavy atom. The summed E-state index contributed by atoms with van der Waals surface area (Å²) in [6.07, 6.45) is 1.14. The average Bonchev–Trinajstić information content (AvgIpc) is 3.30. The summed E-state index contributed by atoms with van der Waals surface area (Å²) in [5.74, 6) is -1.61. The van der Waals surface area contributed by atoms with Gasteiger partial charge in [-0.2, -0.15) is 11.8 Å². The number of carbonyl (C=O) groups excluding carboxylic acids is 5. The third kappa shape index (κ3) is 6.54. The van der Waals surface area contributed by atoms with Crippen molar-refractivity contribution >= 4 is 57.3 Å². The van der Waals surface area contributed by atoms with E-state index in [0.717, 1.165) is 5.56 Å². The highest BCUT2D eigenvalue weighted by Gasteiger charge is 2.36.